The highest BCUT2D eigenvalue weighted by molar-refractivity contribution is 5.25. The molecule has 20 heavy (non-hydrogen) atoms. The first-order chi connectivity index (χ1) is 9.69. The Bertz CT molecular complexity index is 387. The van der Waals surface area contributed by atoms with Crippen LogP contribution in [0, 0.1) is 5.92 Å². The van der Waals surface area contributed by atoms with Crippen LogP contribution < -0.4 is 5.32 Å². The molecule has 2 heteroatoms. The third-order valence-corrected chi connectivity index (χ3v) is 4.73. The van der Waals surface area contributed by atoms with Crippen LogP contribution in [-0.2, 0) is 6.42 Å². The van der Waals surface area contributed by atoms with Crippen molar-refractivity contribution in [2.75, 3.05) is 0 Å². The van der Waals surface area contributed by atoms with Gasteiger partial charge < -0.3 is 10.4 Å². The second-order valence-electron chi connectivity index (χ2n) is 6.33. The molecule has 1 aliphatic rings. The normalized spacial score (nSPS) is 24.5. The van der Waals surface area contributed by atoms with Crippen LogP contribution in [0.5, 0.6) is 5.75 Å². The van der Waals surface area contributed by atoms with Crippen molar-refractivity contribution in [3.8, 4) is 5.75 Å². The van der Waals surface area contributed by atoms with E-state index in [0.29, 0.717) is 11.8 Å². The average Bonchev–Trinajstić information content (AvgIpc) is 2.47. The number of hydrogen-bond acceptors (Lipinski definition) is 2. The summed E-state index contributed by atoms with van der Waals surface area (Å²) in [6.45, 7) is 4.63. The SMILES string of the molecule is CCC1CCCCC1NC(C)CCc1ccc(O)cc1. The summed E-state index contributed by atoms with van der Waals surface area (Å²) >= 11 is 0. The lowest BCUT2D eigenvalue weighted by atomic mass is 9.82. The summed E-state index contributed by atoms with van der Waals surface area (Å²) in [6.07, 6.45) is 9.11. The summed E-state index contributed by atoms with van der Waals surface area (Å²) in [6, 6.07) is 8.91. The largest absolute Gasteiger partial charge is 0.508 e. The Hall–Kier alpha value is -1.02. The van der Waals surface area contributed by atoms with Crippen LogP contribution in [0.15, 0.2) is 24.3 Å². The van der Waals surface area contributed by atoms with Gasteiger partial charge >= 0.3 is 0 Å². The van der Waals surface area contributed by atoms with Crippen molar-refractivity contribution in [1.82, 2.24) is 5.32 Å². The van der Waals surface area contributed by atoms with E-state index < -0.39 is 0 Å². The fourth-order valence-electron chi connectivity index (χ4n) is 3.41. The van der Waals surface area contributed by atoms with E-state index >= 15 is 0 Å². The molecule has 1 aromatic carbocycles. The van der Waals surface area contributed by atoms with E-state index in [2.05, 4.69) is 19.2 Å². The second kappa shape index (κ2) is 7.68. The molecule has 0 heterocycles. The summed E-state index contributed by atoms with van der Waals surface area (Å²) in [4.78, 5) is 0. The van der Waals surface area contributed by atoms with Gasteiger partial charge in [-0.1, -0.05) is 38.3 Å². The molecule has 2 N–H and O–H groups in total. The van der Waals surface area contributed by atoms with Crippen LogP contribution >= 0.6 is 0 Å². The van der Waals surface area contributed by atoms with E-state index in [1.807, 2.05) is 12.1 Å². The van der Waals surface area contributed by atoms with Crippen LogP contribution in [0.1, 0.15) is 57.9 Å². The van der Waals surface area contributed by atoms with Gasteiger partial charge in [0, 0.05) is 12.1 Å². The van der Waals surface area contributed by atoms with Gasteiger partial charge in [0.15, 0.2) is 0 Å². The Balaban J connectivity index is 1.76. The van der Waals surface area contributed by atoms with Gasteiger partial charge in [0.1, 0.15) is 5.75 Å². The molecule has 3 unspecified atom stereocenters. The lowest BCUT2D eigenvalue weighted by molar-refractivity contribution is 0.237. The van der Waals surface area contributed by atoms with Gasteiger partial charge in [0.2, 0.25) is 0 Å². The Labute approximate surface area is 123 Å². The maximum absolute atomic E-state index is 9.29. The lowest BCUT2D eigenvalue weighted by Gasteiger charge is -2.34. The van der Waals surface area contributed by atoms with Crippen molar-refractivity contribution in [2.45, 2.75) is 70.9 Å². The van der Waals surface area contributed by atoms with Crippen molar-refractivity contribution >= 4 is 0 Å². The number of phenols is 1. The molecule has 0 aromatic heterocycles. The zero-order chi connectivity index (χ0) is 14.4. The lowest BCUT2D eigenvalue weighted by Crippen LogP contribution is -2.43. The van der Waals surface area contributed by atoms with Crippen molar-refractivity contribution in [3.63, 3.8) is 0 Å². The number of rotatable bonds is 6. The second-order valence-corrected chi connectivity index (χ2v) is 6.33. The molecule has 3 atom stereocenters. The third kappa shape index (κ3) is 4.52. The molecule has 0 bridgehead atoms. The molecule has 0 spiro atoms. The topological polar surface area (TPSA) is 32.3 Å². The molecule has 0 saturated heterocycles. The molecular formula is C18H29NO. The van der Waals surface area contributed by atoms with Gasteiger partial charge in [0.05, 0.1) is 0 Å². The van der Waals surface area contributed by atoms with Crippen molar-refractivity contribution in [2.24, 2.45) is 5.92 Å². The number of phenolic OH excluding ortho intramolecular Hbond substituents is 1. The minimum Gasteiger partial charge on any atom is -0.508 e. The van der Waals surface area contributed by atoms with Crippen LogP contribution in [0.2, 0.25) is 0 Å². The van der Waals surface area contributed by atoms with E-state index in [9.17, 15) is 5.11 Å². The van der Waals surface area contributed by atoms with Crippen LogP contribution in [0.25, 0.3) is 0 Å². The van der Waals surface area contributed by atoms with E-state index in [1.165, 1.54) is 37.7 Å². The zero-order valence-corrected chi connectivity index (χ0v) is 12.9. The van der Waals surface area contributed by atoms with E-state index in [-0.39, 0.29) is 0 Å². The number of nitrogens with one attached hydrogen (secondary N) is 1. The van der Waals surface area contributed by atoms with Gasteiger partial charge in [0.25, 0.3) is 0 Å². The predicted octanol–water partition coefficient (Wildman–Crippen LogP) is 4.27. The van der Waals surface area contributed by atoms with Crippen LogP contribution in [0.4, 0.5) is 0 Å². The molecule has 1 fully saturated rings. The highest BCUT2D eigenvalue weighted by atomic mass is 16.3. The van der Waals surface area contributed by atoms with E-state index in [1.54, 1.807) is 12.1 Å². The minimum atomic E-state index is 0.355. The monoisotopic (exact) mass is 275 g/mol. The highest BCUT2D eigenvalue weighted by Gasteiger charge is 2.24. The van der Waals surface area contributed by atoms with E-state index in [0.717, 1.165) is 24.8 Å². The Morgan fingerprint density at radius 3 is 2.60 bits per heavy atom. The van der Waals surface area contributed by atoms with Crippen LogP contribution in [-0.4, -0.2) is 17.2 Å². The molecular weight excluding hydrogens is 246 g/mol. The Morgan fingerprint density at radius 2 is 1.90 bits per heavy atom. The highest BCUT2D eigenvalue weighted by Crippen LogP contribution is 2.27. The van der Waals surface area contributed by atoms with Gasteiger partial charge in [-0.05, 0) is 56.2 Å². The fraction of sp³-hybridized carbons (Fsp3) is 0.667. The van der Waals surface area contributed by atoms with Gasteiger partial charge in [-0.25, -0.2) is 0 Å². The fourth-order valence-corrected chi connectivity index (χ4v) is 3.41. The summed E-state index contributed by atoms with van der Waals surface area (Å²) < 4.78 is 0. The van der Waals surface area contributed by atoms with Crippen molar-refractivity contribution < 1.29 is 5.11 Å². The molecule has 2 rings (SSSR count). The minimum absolute atomic E-state index is 0.355. The molecule has 1 aliphatic carbocycles. The molecule has 2 nitrogen and oxygen atoms in total. The molecule has 1 saturated carbocycles. The first-order valence-electron chi connectivity index (χ1n) is 8.23. The van der Waals surface area contributed by atoms with Crippen LogP contribution in [0.3, 0.4) is 0 Å². The summed E-state index contributed by atoms with van der Waals surface area (Å²) in [5.74, 6) is 1.23. The maximum atomic E-state index is 9.29. The third-order valence-electron chi connectivity index (χ3n) is 4.73. The standard InChI is InChI=1S/C18H29NO/c1-3-16-6-4-5-7-18(16)19-14(2)8-9-15-10-12-17(20)13-11-15/h10-14,16,18-20H,3-9H2,1-2H3. The first kappa shape index (κ1) is 15.4. The predicted molar refractivity (Wildman–Crippen MR) is 85.1 cm³/mol. The maximum Gasteiger partial charge on any atom is 0.115 e. The zero-order valence-electron chi connectivity index (χ0n) is 12.9. The number of aromatic hydroxyl groups is 1. The van der Waals surface area contributed by atoms with E-state index in [4.69, 9.17) is 0 Å². The van der Waals surface area contributed by atoms with Gasteiger partial charge in [-0.3, -0.25) is 0 Å². The van der Waals surface area contributed by atoms with Gasteiger partial charge in [-0.15, -0.1) is 0 Å². The van der Waals surface area contributed by atoms with Crippen molar-refractivity contribution in [1.29, 1.82) is 0 Å². The number of aryl methyl sites for hydroxylation is 1. The summed E-state index contributed by atoms with van der Waals surface area (Å²) in [5.41, 5.74) is 1.31. The van der Waals surface area contributed by atoms with Gasteiger partial charge in [-0.2, -0.15) is 0 Å². The average molecular weight is 275 g/mol. The molecule has 0 aliphatic heterocycles. The molecule has 112 valence electrons. The number of benzene rings is 1. The first-order valence-corrected chi connectivity index (χ1v) is 8.23. The van der Waals surface area contributed by atoms with Crippen molar-refractivity contribution in [3.05, 3.63) is 29.8 Å². The molecule has 0 amide bonds. The number of hydrogen-bond donors (Lipinski definition) is 2. The summed E-state index contributed by atoms with van der Waals surface area (Å²) in [5, 5.41) is 13.1. The smallest absolute Gasteiger partial charge is 0.115 e. The summed E-state index contributed by atoms with van der Waals surface area (Å²) in [7, 11) is 0. The Kier molecular flexibility index (Phi) is 5.90. The quantitative estimate of drug-likeness (QED) is 0.812. The Morgan fingerprint density at radius 1 is 1.20 bits per heavy atom. The molecule has 0 radical (unpaired) electrons. The molecule has 1 aromatic rings.